The van der Waals surface area contributed by atoms with Crippen LogP contribution in [0.1, 0.15) is 51.4 Å². The first-order valence-corrected chi connectivity index (χ1v) is 7.18. The highest BCUT2D eigenvalue weighted by Crippen LogP contribution is 2.14. The molecule has 0 spiro atoms. The van der Waals surface area contributed by atoms with Crippen LogP contribution in [0.25, 0.3) is 0 Å². The molecule has 0 saturated heterocycles. The van der Waals surface area contributed by atoms with Gasteiger partial charge in [0.2, 0.25) is 0 Å². The molecule has 0 aliphatic heterocycles. The average Bonchev–Trinajstić information content (AvgIpc) is 2.79. The van der Waals surface area contributed by atoms with E-state index < -0.39 is 0 Å². The molecule has 1 N–H and O–H groups in total. The summed E-state index contributed by atoms with van der Waals surface area (Å²) < 4.78 is 5.62. The van der Waals surface area contributed by atoms with E-state index in [0.29, 0.717) is 6.04 Å². The minimum Gasteiger partial charge on any atom is -0.468 e. The Kier molecular flexibility index (Phi) is 7.06. The second-order valence-corrected chi connectivity index (χ2v) is 4.98. The van der Waals surface area contributed by atoms with Crippen LogP contribution >= 0.6 is 0 Å². The van der Waals surface area contributed by atoms with Crippen molar-refractivity contribution in [3.8, 4) is 0 Å². The van der Waals surface area contributed by atoms with Gasteiger partial charge in [0.25, 0.3) is 0 Å². The lowest BCUT2D eigenvalue weighted by molar-refractivity contribution is 0.206. The smallest absolute Gasteiger partial charge is 0.118 e. The van der Waals surface area contributed by atoms with Gasteiger partial charge in [0.1, 0.15) is 5.76 Å². The molecule has 0 radical (unpaired) electrons. The molecule has 0 bridgehead atoms. The van der Waals surface area contributed by atoms with E-state index in [-0.39, 0.29) is 0 Å². The van der Waals surface area contributed by atoms with Crippen LogP contribution < -0.4 is 5.32 Å². The van der Waals surface area contributed by atoms with Gasteiger partial charge in [-0.2, -0.15) is 0 Å². The molecule has 0 unspecified atom stereocenters. The zero-order valence-electron chi connectivity index (χ0n) is 12.3. The van der Waals surface area contributed by atoms with Gasteiger partial charge < -0.3 is 9.73 Å². The van der Waals surface area contributed by atoms with Crippen molar-refractivity contribution in [2.45, 2.75) is 59.2 Å². The van der Waals surface area contributed by atoms with Crippen LogP contribution in [-0.2, 0) is 13.1 Å². The monoisotopic (exact) mass is 252 g/mol. The quantitative estimate of drug-likeness (QED) is 0.683. The lowest BCUT2D eigenvalue weighted by atomic mass is 10.1. The molecule has 1 heterocycles. The number of hydrogen-bond acceptors (Lipinski definition) is 3. The van der Waals surface area contributed by atoms with Crippen molar-refractivity contribution in [1.82, 2.24) is 10.2 Å². The second kappa shape index (κ2) is 8.33. The molecule has 0 atom stereocenters. The molecule has 3 nitrogen and oxygen atoms in total. The fourth-order valence-corrected chi connectivity index (χ4v) is 2.30. The maximum Gasteiger partial charge on any atom is 0.118 e. The molecule has 0 amide bonds. The molecule has 0 saturated carbocycles. The van der Waals surface area contributed by atoms with Gasteiger partial charge >= 0.3 is 0 Å². The van der Waals surface area contributed by atoms with Gasteiger partial charge in [0.05, 0.1) is 12.8 Å². The van der Waals surface area contributed by atoms with E-state index in [1.165, 1.54) is 24.8 Å². The second-order valence-electron chi connectivity index (χ2n) is 4.98. The van der Waals surface area contributed by atoms with Crippen LogP contribution in [0.2, 0.25) is 0 Å². The van der Waals surface area contributed by atoms with Crippen LogP contribution in [0.5, 0.6) is 0 Å². The van der Waals surface area contributed by atoms with Gasteiger partial charge in [-0.05, 0) is 38.9 Å². The minimum atomic E-state index is 0.650. The predicted molar refractivity (Wildman–Crippen MR) is 76.5 cm³/mol. The van der Waals surface area contributed by atoms with Gasteiger partial charge in [0, 0.05) is 18.2 Å². The Morgan fingerprint density at radius 1 is 1.28 bits per heavy atom. The molecule has 1 aromatic rings. The van der Waals surface area contributed by atoms with Crippen LogP contribution in [0.4, 0.5) is 0 Å². The first-order valence-electron chi connectivity index (χ1n) is 7.18. The van der Waals surface area contributed by atoms with Crippen molar-refractivity contribution in [3.63, 3.8) is 0 Å². The number of nitrogens with zero attached hydrogens (tertiary/aromatic N) is 1. The Balaban J connectivity index is 2.42. The summed E-state index contributed by atoms with van der Waals surface area (Å²) in [7, 11) is 2.18. The minimum absolute atomic E-state index is 0.650. The highest BCUT2D eigenvalue weighted by atomic mass is 16.3. The lowest BCUT2D eigenvalue weighted by Crippen LogP contribution is -2.29. The summed E-state index contributed by atoms with van der Waals surface area (Å²) in [5, 5.41) is 3.39. The molecular weight excluding hydrogens is 224 g/mol. The first-order chi connectivity index (χ1) is 8.71. The van der Waals surface area contributed by atoms with Crippen molar-refractivity contribution in [1.29, 1.82) is 0 Å². The van der Waals surface area contributed by atoms with Gasteiger partial charge in [-0.15, -0.1) is 0 Å². The number of hydrogen-bond donors (Lipinski definition) is 1. The molecule has 3 heteroatoms. The van der Waals surface area contributed by atoms with E-state index in [2.05, 4.69) is 44.1 Å². The Morgan fingerprint density at radius 3 is 2.61 bits per heavy atom. The molecule has 0 aliphatic rings. The van der Waals surface area contributed by atoms with Crippen molar-refractivity contribution >= 4 is 0 Å². The summed E-state index contributed by atoms with van der Waals surface area (Å²) >= 11 is 0. The third kappa shape index (κ3) is 4.83. The van der Waals surface area contributed by atoms with Crippen LogP contribution in [-0.4, -0.2) is 24.5 Å². The highest BCUT2D eigenvalue weighted by Gasteiger charge is 2.12. The van der Waals surface area contributed by atoms with Gasteiger partial charge in [-0.25, -0.2) is 0 Å². The SMILES string of the molecule is CCCNCc1coc(CN(C)C(CC)CC)c1. The molecule has 0 aliphatic carbocycles. The van der Waals surface area contributed by atoms with E-state index in [0.717, 1.165) is 25.4 Å². The number of rotatable bonds is 9. The summed E-state index contributed by atoms with van der Waals surface area (Å²) in [5.41, 5.74) is 1.25. The van der Waals surface area contributed by atoms with E-state index in [4.69, 9.17) is 4.42 Å². The molecule has 0 fully saturated rings. The molecule has 18 heavy (non-hydrogen) atoms. The number of furan rings is 1. The van der Waals surface area contributed by atoms with Crippen LogP contribution in [0.15, 0.2) is 16.7 Å². The van der Waals surface area contributed by atoms with Crippen molar-refractivity contribution in [2.24, 2.45) is 0 Å². The van der Waals surface area contributed by atoms with E-state index in [1.807, 2.05) is 6.26 Å². The van der Waals surface area contributed by atoms with Crippen molar-refractivity contribution < 1.29 is 4.42 Å². The van der Waals surface area contributed by atoms with Crippen molar-refractivity contribution in [3.05, 3.63) is 23.7 Å². The Hall–Kier alpha value is -0.800. The van der Waals surface area contributed by atoms with Gasteiger partial charge in [-0.1, -0.05) is 20.8 Å². The summed E-state index contributed by atoms with van der Waals surface area (Å²) in [6.45, 7) is 9.54. The van der Waals surface area contributed by atoms with E-state index in [1.54, 1.807) is 0 Å². The first kappa shape index (κ1) is 15.3. The molecule has 0 aromatic carbocycles. The Bertz CT molecular complexity index is 318. The summed E-state index contributed by atoms with van der Waals surface area (Å²) in [6, 6.07) is 2.82. The third-order valence-corrected chi connectivity index (χ3v) is 3.44. The van der Waals surface area contributed by atoms with Crippen LogP contribution in [0.3, 0.4) is 0 Å². The summed E-state index contributed by atoms with van der Waals surface area (Å²) in [5.74, 6) is 1.07. The summed E-state index contributed by atoms with van der Waals surface area (Å²) in [4.78, 5) is 2.38. The number of nitrogens with one attached hydrogen (secondary N) is 1. The maximum absolute atomic E-state index is 5.62. The summed E-state index contributed by atoms with van der Waals surface area (Å²) in [6.07, 6.45) is 5.43. The lowest BCUT2D eigenvalue weighted by Gasteiger charge is -2.24. The van der Waals surface area contributed by atoms with Crippen LogP contribution in [0, 0.1) is 0 Å². The molecule has 104 valence electrons. The van der Waals surface area contributed by atoms with Crippen molar-refractivity contribution in [2.75, 3.05) is 13.6 Å². The zero-order chi connectivity index (χ0) is 13.4. The van der Waals surface area contributed by atoms with Gasteiger partial charge in [0.15, 0.2) is 0 Å². The highest BCUT2D eigenvalue weighted by molar-refractivity contribution is 5.12. The van der Waals surface area contributed by atoms with Gasteiger partial charge in [-0.3, -0.25) is 4.90 Å². The normalized spacial score (nSPS) is 11.7. The molecule has 1 aromatic heterocycles. The topological polar surface area (TPSA) is 28.4 Å². The largest absolute Gasteiger partial charge is 0.468 e. The molecular formula is C15H28N2O. The van der Waals surface area contributed by atoms with E-state index >= 15 is 0 Å². The molecule has 1 rings (SSSR count). The fourth-order valence-electron chi connectivity index (χ4n) is 2.30. The maximum atomic E-state index is 5.62. The third-order valence-electron chi connectivity index (χ3n) is 3.44. The Morgan fingerprint density at radius 2 is 2.00 bits per heavy atom. The average molecular weight is 252 g/mol. The predicted octanol–water partition coefficient (Wildman–Crippen LogP) is 3.40. The Labute approximate surface area is 112 Å². The zero-order valence-corrected chi connectivity index (χ0v) is 12.3. The standard InChI is InChI=1S/C15H28N2O/c1-5-8-16-10-13-9-15(18-12-13)11-17(4)14(6-2)7-3/h9,12,14,16H,5-8,10-11H2,1-4H3. The fraction of sp³-hybridized carbons (Fsp3) is 0.733. The van der Waals surface area contributed by atoms with E-state index in [9.17, 15) is 0 Å².